The van der Waals surface area contributed by atoms with E-state index in [9.17, 15) is 4.79 Å². The van der Waals surface area contributed by atoms with Crippen LogP contribution in [0.15, 0.2) is 22.7 Å². The summed E-state index contributed by atoms with van der Waals surface area (Å²) in [5, 5.41) is 6.16. The van der Waals surface area contributed by atoms with Gasteiger partial charge in [-0.25, -0.2) is 0 Å². The molecule has 0 bridgehead atoms. The van der Waals surface area contributed by atoms with Crippen molar-refractivity contribution in [1.82, 2.24) is 5.32 Å². The van der Waals surface area contributed by atoms with Crippen molar-refractivity contribution < 1.29 is 4.79 Å². The number of rotatable bonds is 7. The number of carbonyl (C=O) groups excluding carboxylic acids is 1. The number of anilines is 1. The van der Waals surface area contributed by atoms with Gasteiger partial charge in [-0.2, -0.15) is 0 Å². The predicted molar refractivity (Wildman–Crippen MR) is 79.9 cm³/mol. The first kappa shape index (κ1) is 15.0. The first-order valence-corrected chi connectivity index (χ1v) is 7.19. The van der Waals surface area contributed by atoms with E-state index in [0.29, 0.717) is 13.0 Å². The zero-order chi connectivity index (χ0) is 13.4. The van der Waals surface area contributed by atoms with Gasteiger partial charge in [0.25, 0.3) is 0 Å². The quantitative estimate of drug-likeness (QED) is 0.757. The number of hydrogen-bond donors (Lipinski definition) is 2. The summed E-state index contributed by atoms with van der Waals surface area (Å²) in [5.41, 5.74) is 2.24. The van der Waals surface area contributed by atoms with Crippen molar-refractivity contribution in [3.05, 3.63) is 28.2 Å². The van der Waals surface area contributed by atoms with Crippen LogP contribution >= 0.6 is 15.9 Å². The molecule has 0 radical (unpaired) electrons. The number of nitrogens with one attached hydrogen (secondary N) is 2. The van der Waals surface area contributed by atoms with Crippen LogP contribution in [0.5, 0.6) is 0 Å². The molecule has 1 rings (SSSR count). The van der Waals surface area contributed by atoms with Crippen LogP contribution in [0.2, 0.25) is 0 Å². The van der Waals surface area contributed by atoms with Gasteiger partial charge < -0.3 is 10.6 Å². The smallest absolute Gasteiger partial charge is 0.221 e. The monoisotopic (exact) mass is 312 g/mol. The summed E-state index contributed by atoms with van der Waals surface area (Å²) in [5.74, 6) is 0.116. The SMILES string of the molecule is CCCCNC(=O)CCNc1ccc(Br)c(C)c1. The zero-order valence-corrected chi connectivity index (χ0v) is 12.6. The Labute approximate surface area is 117 Å². The molecule has 0 unspecified atom stereocenters. The van der Waals surface area contributed by atoms with Gasteiger partial charge in [-0.15, -0.1) is 0 Å². The topological polar surface area (TPSA) is 41.1 Å². The molecule has 1 aromatic carbocycles. The molecule has 2 N–H and O–H groups in total. The van der Waals surface area contributed by atoms with Crippen LogP contribution in [0.3, 0.4) is 0 Å². The molecule has 1 aromatic rings. The maximum Gasteiger partial charge on any atom is 0.221 e. The summed E-state index contributed by atoms with van der Waals surface area (Å²) in [6.45, 7) is 5.61. The minimum Gasteiger partial charge on any atom is -0.385 e. The first-order chi connectivity index (χ1) is 8.63. The first-order valence-electron chi connectivity index (χ1n) is 6.40. The molecule has 0 spiro atoms. The fourth-order valence-electron chi connectivity index (χ4n) is 1.57. The minimum atomic E-state index is 0.116. The largest absolute Gasteiger partial charge is 0.385 e. The fraction of sp³-hybridized carbons (Fsp3) is 0.500. The highest BCUT2D eigenvalue weighted by molar-refractivity contribution is 9.10. The van der Waals surface area contributed by atoms with Crippen LogP contribution in [-0.2, 0) is 4.79 Å². The standard InChI is InChI=1S/C14H21BrN2O/c1-3-4-8-17-14(18)7-9-16-12-5-6-13(15)11(2)10-12/h5-6,10,16H,3-4,7-9H2,1-2H3,(H,17,18). The number of amides is 1. The van der Waals surface area contributed by atoms with E-state index >= 15 is 0 Å². The molecule has 0 aliphatic rings. The number of hydrogen-bond acceptors (Lipinski definition) is 2. The molecule has 0 aliphatic carbocycles. The van der Waals surface area contributed by atoms with E-state index in [2.05, 4.69) is 39.6 Å². The van der Waals surface area contributed by atoms with Gasteiger partial charge in [-0.1, -0.05) is 29.3 Å². The van der Waals surface area contributed by atoms with Crippen molar-refractivity contribution >= 4 is 27.5 Å². The Kier molecular flexibility index (Phi) is 6.80. The lowest BCUT2D eigenvalue weighted by Gasteiger charge is -2.08. The maximum absolute atomic E-state index is 11.5. The van der Waals surface area contributed by atoms with Crippen molar-refractivity contribution in [3.63, 3.8) is 0 Å². The van der Waals surface area contributed by atoms with Gasteiger partial charge in [0.1, 0.15) is 0 Å². The lowest BCUT2D eigenvalue weighted by molar-refractivity contribution is -0.120. The average molecular weight is 313 g/mol. The highest BCUT2D eigenvalue weighted by atomic mass is 79.9. The molecule has 18 heavy (non-hydrogen) atoms. The molecule has 0 aliphatic heterocycles. The molecule has 0 saturated heterocycles. The molecule has 1 amide bonds. The van der Waals surface area contributed by atoms with E-state index < -0.39 is 0 Å². The molecular weight excluding hydrogens is 292 g/mol. The molecule has 0 aromatic heterocycles. The summed E-state index contributed by atoms with van der Waals surface area (Å²) >= 11 is 3.46. The van der Waals surface area contributed by atoms with Crippen LogP contribution in [-0.4, -0.2) is 19.0 Å². The lowest BCUT2D eigenvalue weighted by atomic mass is 10.2. The van der Waals surface area contributed by atoms with Gasteiger partial charge in [0.2, 0.25) is 5.91 Å². The molecule has 3 nitrogen and oxygen atoms in total. The summed E-state index contributed by atoms with van der Waals surface area (Å²) in [7, 11) is 0. The minimum absolute atomic E-state index is 0.116. The lowest BCUT2D eigenvalue weighted by Crippen LogP contribution is -2.26. The second-order valence-corrected chi connectivity index (χ2v) is 5.20. The van der Waals surface area contributed by atoms with Gasteiger partial charge in [-0.3, -0.25) is 4.79 Å². The Balaban J connectivity index is 2.24. The van der Waals surface area contributed by atoms with Crippen LogP contribution in [0, 0.1) is 6.92 Å². The number of carbonyl (C=O) groups is 1. The van der Waals surface area contributed by atoms with Crippen molar-refractivity contribution in [2.24, 2.45) is 0 Å². The molecule has 0 heterocycles. The van der Waals surface area contributed by atoms with Crippen LogP contribution in [0.1, 0.15) is 31.7 Å². The third-order valence-electron chi connectivity index (χ3n) is 2.69. The van der Waals surface area contributed by atoms with Crippen LogP contribution in [0.4, 0.5) is 5.69 Å². The van der Waals surface area contributed by atoms with E-state index in [1.54, 1.807) is 0 Å². The summed E-state index contributed by atoms with van der Waals surface area (Å²) in [4.78, 5) is 11.5. The highest BCUT2D eigenvalue weighted by Gasteiger charge is 2.01. The molecule has 0 fully saturated rings. The van der Waals surface area contributed by atoms with Crippen molar-refractivity contribution in [2.45, 2.75) is 33.1 Å². The highest BCUT2D eigenvalue weighted by Crippen LogP contribution is 2.19. The Hall–Kier alpha value is -1.03. The Morgan fingerprint density at radius 3 is 2.78 bits per heavy atom. The predicted octanol–water partition coefficient (Wildman–Crippen LogP) is 3.48. The fourth-order valence-corrected chi connectivity index (χ4v) is 1.81. The third kappa shape index (κ3) is 5.54. The second kappa shape index (κ2) is 8.14. The van der Waals surface area contributed by atoms with E-state index in [1.807, 2.05) is 19.1 Å². The van der Waals surface area contributed by atoms with Gasteiger partial charge >= 0.3 is 0 Å². The molecular formula is C14H21BrN2O. The normalized spacial score (nSPS) is 10.2. The van der Waals surface area contributed by atoms with Crippen molar-refractivity contribution in [2.75, 3.05) is 18.4 Å². The second-order valence-electron chi connectivity index (χ2n) is 4.34. The summed E-state index contributed by atoms with van der Waals surface area (Å²) in [6.07, 6.45) is 2.67. The Bertz CT molecular complexity index is 393. The maximum atomic E-state index is 11.5. The third-order valence-corrected chi connectivity index (χ3v) is 3.58. The van der Waals surface area contributed by atoms with Crippen LogP contribution in [0.25, 0.3) is 0 Å². The van der Waals surface area contributed by atoms with E-state index in [0.717, 1.165) is 29.5 Å². The number of halogens is 1. The number of unbranched alkanes of at least 4 members (excludes halogenated alkanes) is 1. The molecule has 4 heteroatoms. The molecule has 0 saturated carbocycles. The van der Waals surface area contributed by atoms with Gasteiger partial charge in [0, 0.05) is 29.7 Å². The Morgan fingerprint density at radius 1 is 1.33 bits per heavy atom. The van der Waals surface area contributed by atoms with Gasteiger partial charge in [-0.05, 0) is 37.1 Å². The van der Waals surface area contributed by atoms with E-state index in [4.69, 9.17) is 0 Å². The molecule has 0 atom stereocenters. The van der Waals surface area contributed by atoms with Crippen molar-refractivity contribution in [3.8, 4) is 0 Å². The average Bonchev–Trinajstić information content (AvgIpc) is 2.34. The number of aryl methyl sites for hydroxylation is 1. The molecule has 100 valence electrons. The van der Waals surface area contributed by atoms with E-state index in [1.165, 1.54) is 5.56 Å². The number of benzene rings is 1. The zero-order valence-electron chi connectivity index (χ0n) is 11.1. The van der Waals surface area contributed by atoms with Crippen molar-refractivity contribution in [1.29, 1.82) is 0 Å². The Morgan fingerprint density at radius 2 is 2.11 bits per heavy atom. The van der Waals surface area contributed by atoms with Gasteiger partial charge in [0.15, 0.2) is 0 Å². The van der Waals surface area contributed by atoms with E-state index in [-0.39, 0.29) is 5.91 Å². The van der Waals surface area contributed by atoms with Gasteiger partial charge in [0.05, 0.1) is 0 Å². The van der Waals surface area contributed by atoms with Crippen LogP contribution < -0.4 is 10.6 Å². The summed E-state index contributed by atoms with van der Waals surface area (Å²) < 4.78 is 1.10. The summed E-state index contributed by atoms with van der Waals surface area (Å²) in [6, 6.07) is 6.09.